The van der Waals surface area contributed by atoms with Crippen LogP contribution in [0.5, 0.6) is 5.75 Å². The molecule has 0 N–H and O–H groups in total. The lowest BCUT2D eigenvalue weighted by Gasteiger charge is -2.03. The van der Waals surface area contributed by atoms with Crippen molar-refractivity contribution in [3.63, 3.8) is 0 Å². The zero-order valence-corrected chi connectivity index (χ0v) is 14.3. The van der Waals surface area contributed by atoms with Crippen LogP contribution in [0, 0.1) is 10.1 Å². The van der Waals surface area contributed by atoms with Crippen molar-refractivity contribution in [3.05, 3.63) is 76.7 Å². The number of hydrogen-bond acceptors (Lipinski definition) is 7. The maximum absolute atomic E-state index is 11.8. The maximum atomic E-state index is 11.8. The van der Waals surface area contributed by atoms with Crippen molar-refractivity contribution in [1.82, 2.24) is 4.98 Å². The van der Waals surface area contributed by atoms with E-state index in [1.807, 2.05) is 30.3 Å². The molecule has 8 heteroatoms. The van der Waals surface area contributed by atoms with Crippen molar-refractivity contribution in [3.8, 4) is 17.2 Å². The monoisotopic (exact) mass is 370 g/mol. The highest BCUT2D eigenvalue weighted by molar-refractivity contribution is 7.99. The van der Waals surface area contributed by atoms with Crippen molar-refractivity contribution >= 4 is 23.4 Å². The van der Waals surface area contributed by atoms with Crippen LogP contribution in [0.15, 0.2) is 65.3 Å². The van der Waals surface area contributed by atoms with Crippen LogP contribution in [0.3, 0.4) is 0 Å². The van der Waals surface area contributed by atoms with Crippen LogP contribution in [0.1, 0.15) is 5.69 Å². The molecule has 1 heterocycles. The number of aromatic nitrogens is 1. The first kappa shape index (κ1) is 17.7. The highest BCUT2D eigenvalue weighted by atomic mass is 32.2. The van der Waals surface area contributed by atoms with Crippen LogP contribution >= 0.6 is 11.8 Å². The zero-order chi connectivity index (χ0) is 18.4. The molecule has 0 radical (unpaired) electrons. The van der Waals surface area contributed by atoms with Gasteiger partial charge >= 0.3 is 5.97 Å². The lowest BCUT2D eigenvalue weighted by Crippen LogP contribution is -2.10. The molecule has 1 aromatic heterocycles. The van der Waals surface area contributed by atoms with E-state index in [-0.39, 0.29) is 17.2 Å². The van der Waals surface area contributed by atoms with E-state index in [4.69, 9.17) is 9.15 Å². The first-order chi connectivity index (χ1) is 12.6. The second kappa shape index (κ2) is 8.30. The fraction of sp³-hybridized carbons (Fsp3) is 0.111. The van der Waals surface area contributed by atoms with E-state index in [9.17, 15) is 14.9 Å². The van der Waals surface area contributed by atoms with E-state index in [1.54, 1.807) is 6.26 Å². The van der Waals surface area contributed by atoms with Gasteiger partial charge in [-0.3, -0.25) is 14.9 Å². The standard InChI is InChI=1S/C18H14N2O5S/c21-17(25-16-8-6-15(7-9-16)20(22)23)12-26-11-14-10-24-18(19-14)13-4-2-1-3-5-13/h1-10H,11-12H2. The summed E-state index contributed by atoms with van der Waals surface area (Å²) >= 11 is 1.34. The molecule has 0 atom stereocenters. The zero-order valence-electron chi connectivity index (χ0n) is 13.5. The number of non-ortho nitro benzene ring substituents is 1. The number of carbonyl (C=O) groups is 1. The number of ether oxygens (including phenoxy) is 1. The van der Waals surface area contributed by atoms with Crippen LogP contribution in [-0.4, -0.2) is 21.6 Å². The van der Waals surface area contributed by atoms with Crippen molar-refractivity contribution in [2.75, 3.05) is 5.75 Å². The summed E-state index contributed by atoms with van der Waals surface area (Å²) in [4.78, 5) is 26.3. The van der Waals surface area contributed by atoms with Crippen LogP contribution in [-0.2, 0) is 10.5 Å². The van der Waals surface area contributed by atoms with E-state index < -0.39 is 10.9 Å². The quantitative estimate of drug-likeness (QED) is 0.267. The minimum Gasteiger partial charge on any atom is -0.444 e. The predicted molar refractivity (Wildman–Crippen MR) is 96.8 cm³/mol. The molecule has 0 fully saturated rings. The third-order valence-corrected chi connectivity index (χ3v) is 4.26. The summed E-state index contributed by atoms with van der Waals surface area (Å²) in [7, 11) is 0. The smallest absolute Gasteiger partial charge is 0.321 e. The Kier molecular flexibility index (Phi) is 5.65. The molecule has 0 saturated heterocycles. The molecule has 3 aromatic rings. The van der Waals surface area contributed by atoms with E-state index in [1.165, 1.54) is 36.0 Å². The minimum atomic E-state index is -0.511. The third-order valence-electron chi connectivity index (χ3n) is 3.32. The number of rotatable bonds is 7. The lowest BCUT2D eigenvalue weighted by atomic mass is 10.2. The van der Waals surface area contributed by atoms with Crippen molar-refractivity contribution < 1.29 is 18.9 Å². The molecule has 0 unspecified atom stereocenters. The van der Waals surface area contributed by atoms with Gasteiger partial charge in [-0.15, -0.1) is 11.8 Å². The first-order valence-electron chi connectivity index (χ1n) is 7.64. The topological polar surface area (TPSA) is 95.5 Å². The number of carbonyl (C=O) groups excluding carboxylic acids is 1. The largest absolute Gasteiger partial charge is 0.444 e. The molecule has 0 aliphatic carbocycles. The lowest BCUT2D eigenvalue weighted by molar-refractivity contribution is -0.384. The fourth-order valence-corrected chi connectivity index (χ4v) is 2.79. The Morgan fingerprint density at radius 1 is 1.15 bits per heavy atom. The molecule has 0 spiro atoms. The number of thioether (sulfide) groups is 1. The van der Waals surface area contributed by atoms with Crippen molar-refractivity contribution in [2.24, 2.45) is 0 Å². The van der Waals surface area contributed by atoms with Gasteiger partial charge in [0.1, 0.15) is 12.0 Å². The van der Waals surface area contributed by atoms with Gasteiger partial charge in [0.2, 0.25) is 5.89 Å². The molecule has 7 nitrogen and oxygen atoms in total. The fourth-order valence-electron chi connectivity index (χ4n) is 2.12. The highest BCUT2D eigenvalue weighted by Gasteiger charge is 2.10. The maximum Gasteiger partial charge on any atom is 0.321 e. The molecular weight excluding hydrogens is 356 g/mol. The summed E-state index contributed by atoms with van der Waals surface area (Å²) in [5, 5.41) is 10.6. The van der Waals surface area contributed by atoms with Crippen molar-refractivity contribution in [2.45, 2.75) is 5.75 Å². The van der Waals surface area contributed by atoms with Gasteiger partial charge in [0.15, 0.2) is 0 Å². The predicted octanol–water partition coefficient (Wildman–Crippen LogP) is 4.09. The van der Waals surface area contributed by atoms with E-state index in [0.29, 0.717) is 11.6 Å². The summed E-state index contributed by atoms with van der Waals surface area (Å²) in [6, 6.07) is 14.9. The normalized spacial score (nSPS) is 10.5. The minimum absolute atomic E-state index is 0.0561. The highest BCUT2D eigenvalue weighted by Crippen LogP contribution is 2.21. The Morgan fingerprint density at radius 3 is 2.58 bits per heavy atom. The van der Waals surface area contributed by atoms with E-state index >= 15 is 0 Å². The summed E-state index contributed by atoms with van der Waals surface area (Å²) in [5.41, 5.74) is 1.57. The van der Waals surface area contributed by atoms with Crippen LogP contribution in [0.25, 0.3) is 11.5 Å². The number of nitrogens with zero attached hydrogens (tertiary/aromatic N) is 2. The van der Waals surface area contributed by atoms with Gasteiger partial charge in [-0.25, -0.2) is 4.98 Å². The second-order valence-corrected chi connectivity index (χ2v) is 6.21. The molecule has 132 valence electrons. The second-order valence-electron chi connectivity index (χ2n) is 5.23. The van der Waals surface area contributed by atoms with E-state index in [0.717, 1.165) is 11.3 Å². The Morgan fingerprint density at radius 2 is 1.88 bits per heavy atom. The number of nitro benzene ring substituents is 1. The SMILES string of the molecule is O=C(CSCc1coc(-c2ccccc2)n1)Oc1ccc([N+](=O)[O-])cc1. The molecule has 0 saturated carbocycles. The van der Waals surface area contributed by atoms with Gasteiger partial charge in [0, 0.05) is 23.4 Å². The number of benzene rings is 2. The average Bonchev–Trinajstić information content (AvgIpc) is 3.12. The van der Waals surface area contributed by atoms with Gasteiger partial charge in [0.25, 0.3) is 5.69 Å². The van der Waals surface area contributed by atoms with Crippen molar-refractivity contribution in [1.29, 1.82) is 0 Å². The Hall–Kier alpha value is -3.13. The molecule has 0 aliphatic rings. The van der Waals surface area contributed by atoms with Gasteiger partial charge in [-0.05, 0) is 24.3 Å². The van der Waals surface area contributed by atoms with Gasteiger partial charge < -0.3 is 9.15 Å². The Labute approximate surface area is 153 Å². The molecule has 2 aromatic carbocycles. The number of oxazole rings is 1. The average molecular weight is 370 g/mol. The van der Waals surface area contributed by atoms with Gasteiger partial charge in [-0.2, -0.15) is 0 Å². The molecule has 0 amide bonds. The molecule has 0 aliphatic heterocycles. The third kappa shape index (κ3) is 4.70. The van der Waals surface area contributed by atoms with E-state index in [2.05, 4.69) is 4.98 Å². The van der Waals surface area contributed by atoms with Gasteiger partial charge in [0.05, 0.1) is 16.4 Å². The van der Waals surface area contributed by atoms with Crippen LogP contribution in [0.2, 0.25) is 0 Å². The number of hydrogen-bond donors (Lipinski definition) is 0. The first-order valence-corrected chi connectivity index (χ1v) is 8.80. The molecule has 0 bridgehead atoms. The molecule has 3 rings (SSSR count). The summed E-state index contributed by atoms with van der Waals surface area (Å²) in [6.07, 6.45) is 1.57. The number of esters is 1. The summed E-state index contributed by atoms with van der Waals surface area (Å²) in [6.45, 7) is 0. The molecule has 26 heavy (non-hydrogen) atoms. The Bertz CT molecular complexity index is 893. The van der Waals surface area contributed by atoms with Gasteiger partial charge in [-0.1, -0.05) is 18.2 Å². The van der Waals surface area contributed by atoms with Crippen LogP contribution in [0.4, 0.5) is 5.69 Å². The summed E-state index contributed by atoms with van der Waals surface area (Å²) < 4.78 is 10.6. The van der Waals surface area contributed by atoms with Crippen LogP contribution < -0.4 is 4.74 Å². The Balaban J connectivity index is 1.46. The molecular formula is C18H14N2O5S. The summed E-state index contributed by atoms with van der Waals surface area (Å²) in [5.74, 6) is 1.01. The number of nitro groups is 1.